The van der Waals surface area contributed by atoms with Crippen LogP contribution in [-0.4, -0.2) is 75.5 Å². The highest BCUT2D eigenvalue weighted by atomic mass is 16.8. The molecule has 40 heavy (non-hydrogen) atoms. The second kappa shape index (κ2) is 12.4. The maximum Gasteiger partial charge on any atom is 0.246 e. The number of aromatic nitrogens is 1. The van der Waals surface area contributed by atoms with Gasteiger partial charge in [0.15, 0.2) is 0 Å². The van der Waals surface area contributed by atoms with Crippen molar-refractivity contribution in [3.05, 3.63) is 70.6 Å². The van der Waals surface area contributed by atoms with Crippen molar-refractivity contribution in [1.82, 2.24) is 19.7 Å². The first-order valence-electron chi connectivity index (χ1n) is 14.6. The zero-order valence-electron chi connectivity index (χ0n) is 23.5. The van der Waals surface area contributed by atoms with Gasteiger partial charge in [0, 0.05) is 29.6 Å². The number of nitrogens with zero attached hydrogens (tertiary/aromatic N) is 4. The predicted octanol–water partition coefficient (Wildman–Crippen LogP) is 4.84. The summed E-state index contributed by atoms with van der Waals surface area (Å²) in [7, 11) is 0. The van der Waals surface area contributed by atoms with Gasteiger partial charge in [-0.05, 0) is 68.2 Å². The third-order valence-corrected chi connectivity index (χ3v) is 8.31. The summed E-state index contributed by atoms with van der Waals surface area (Å²) in [4.78, 5) is 37.1. The lowest BCUT2D eigenvalue weighted by atomic mass is 9.86. The number of benzene rings is 2. The molecule has 9 nitrogen and oxygen atoms in total. The van der Waals surface area contributed by atoms with Crippen molar-refractivity contribution >= 4 is 28.4 Å². The van der Waals surface area contributed by atoms with Gasteiger partial charge in [0.2, 0.25) is 11.8 Å². The van der Waals surface area contributed by atoms with Gasteiger partial charge in [0.1, 0.15) is 6.04 Å². The van der Waals surface area contributed by atoms with Gasteiger partial charge in [-0.2, -0.15) is 0 Å². The second-order valence-corrected chi connectivity index (χ2v) is 11.0. The molecule has 2 amide bonds. The maximum atomic E-state index is 14.0. The maximum absolute atomic E-state index is 14.0. The summed E-state index contributed by atoms with van der Waals surface area (Å²) in [5, 5.41) is 22.1. The molecule has 1 fully saturated rings. The van der Waals surface area contributed by atoms with Crippen molar-refractivity contribution < 1.29 is 14.8 Å². The van der Waals surface area contributed by atoms with Crippen molar-refractivity contribution in [3.8, 4) is 0 Å². The van der Waals surface area contributed by atoms with E-state index in [0.717, 1.165) is 73.9 Å². The molecule has 3 heterocycles. The van der Waals surface area contributed by atoms with E-state index in [1.165, 1.54) is 6.07 Å². The van der Waals surface area contributed by atoms with Crippen LogP contribution in [0.2, 0.25) is 0 Å². The molecule has 2 aliphatic heterocycles. The molecule has 2 aromatic carbocycles. The number of hydrogen-bond donors (Lipinski definition) is 2. The quantitative estimate of drug-likeness (QED) is 0.315. The lowest BCUT2D eigenvalue weighted by Gasteiger charge is -2.47. The minimum absolute atomic E-state index is 0.0297. The summed E-state index contributed by atoms with van der Waals surface area (Å²) in [5.74, 6) is -0.140. The summed E-state index contributed by atoms with van der Waals surface area (Å²) in [6.07, 6.45) is 5.91. The van der Waals surface area contributed by atoms with Crippen molar-refractivity contribution in [2.24, 2.45) is 0 Å². The molecule has 2 aliphatic rings. The fraction of sp³-hybridized carbons (Fsp3) is 0.484. The van der Waals surface area contributed by atoms with E-state index in [4.69, 9.17) is 0 Å². The molecule has 3 aromatic rings. The molecule has 2 N–H and O–H groups in total. The molecule has 0 aliphatic carbocycles. The van der Waals surface area contributed by atoms with Crippen LogP contribution in [0.3, 0.4) is 0 Å². The Morgan fingerprint density at radius 3 is 2.45 bits per heavy atom. The third-order valence-electron chi connectivity index (χ3n) is 8.31. The molecule has 2 unspecified atom stereocenters. The Labute approximate surface area is 235 Å². The standard InChI is InChI=1S/C31H40N5O4/c1-3-5-15-33(16-6-4-2)17-10-18-34-21-28(37)35-27(31(34)38)20-25-24-13-7-8-14-26(24)32-29(25)30(35)22-11-9-12-23(19-22)36(39)40/h7-9,11-14,19,27,30,32,39H,3-6,10,15-18,20-21H2,1-2H3/q-1. The number of H-pyrrole nitrogens is 1. The van der Waals surface area contributed by atoms with Gasteiger partial charge in [-0.3, -0.25) is 14.8 Å². The first-order chi connectivity index (χ1) is 19.4. The number of carbonyl (C=O) groups excluding carboxylic acids is 2. The molecule has 0 saturated carbocycles. The number of nitrogens with one attached hydrogen (secondary N) is 1. The summed E-state index contributed by atoms with van der Waals surface area (Å²) >= 11 is 0. The average Bonchev–Trinajstić information content (AvgIpc) is 3.34. The summed E-state index contributed by atoms with van der Waals surface area (Å²) in [5.41, 5.74) is 3.55. The zero-order valence-corrected chi connectivity index (χ0v) is 23.5. The van der Waals surface area contributed by atoms with E-state index in [0.29, 0.717) is 18.5 Å². The number of unbranched alkanes of at least 4 members (excludes halogenated alkanes) is 2. The fourth-order valence-corrected chi connectivity index (χ4v) is 6.26. The number of para-hydroxylation sites is 1. The number of carbonyl (C=O) groups is 2. The van der Waals surface area contributed by atoms with Crippen molar-refractivity contribution in [3.63, 3.8) is 0 Å². The molecule has 2 atom stereocenters. The highest BCUT2D eigenvalue weighted by Gasteiger charge is 2.48. The highest BCUT2D eigenvalue weighted by molar-refractivity contribution is 5.97. The topological polar surface area (TPSA) is 106 Å². The first kappa shape index (κ1) is 28.1. The van der Waals surface area contributed by atoms with Crippen LogP contribution >= 0.6 is 0 Å². The highest BCUT2D eigenvalue weighted by Crippen LogP contribution is 2.43. The van der Waals surface area contributed by atoms with Crippen LogP contribution in [0.5, 0.6) is 0 Å². The number of rotatable bonds is 12. The Balaban J connectivity index is 1.42. The summed E-state index contributed by atoms with van der Waals surface area (Å²) < 4.78 is 0. The molecular formula is C31H40N5O4-. The number of fused-ring (bicyclic) bond motifs is 4. The molecule has 0 spiro atoms. The fourth-order valence-electron chi connectivity index (χ4n) is 6.26. The molecule has 5 rings (SSSR count). The lowest BCUT2D eigenvalue weighted by molar-refractivity contribution is -0.158. The van der Waals surface area contributed by atoms with E-state index in [1.807, 2.05) is 30.3 Å². The Bertz CT molecular complexity index is 1330. The normalized spacial score (nSPS) is 18.9. The monoisotopic (exact) mass is 546 g/mol. The predicted molar refractivity (Wildman–Crippen MR) is 156 cm³/mol. The number of hydrogen-bond acceptors (Lipinski definition) is 6. The van der Waals surface area contributed by atoms with E-state index < -0.39 is 12.1 Å². The Kier molecular flexibility index (Phi) is 8.73. The molecule has 0 bridgehead atoms. The van der Waals surface area contributed by atoms with Crippen molar-refractivity contribution in [1.29, 1.82) is 0 Å². The number of piperazine rings is 1. The zero-order chi connectivity index (χ0) is 28.2. The van der Waals surface area contributed by atoms with Crippen LogP contribution < -0.4 is 5.23 Å². The Morgan fingerprint density at radius 2 is 1.73 bits per heavy atom. The molecule has 9 heteroatoms. The molecular weight excluding hydrogens is 506 g/mol. The molecule has 1 saturated heterocycles. The SMILES string of the molecule is CCCCN(CCCC)CCCN1CC(=O)N2C(Cc3c([nH]c4ccccc34)C2c2cccc(N([O-])O)c2)C1=O. The largest absolute Gasteiger partial charge is 0.733 e. The van der Waals surface area contributed by atoms with Gasteiger partial charge in [-0.15, -0.1) is 0 Å². The van der Waals surface area contributed by atoms with Crippen LogP contribution in [0.1, 0.15) is 68.8 Å². The molecule has 214 valence electrons. The van der Waals surface area contributed by atoms with Crippen LogP contribution in [0, 0.1) is 5.21 Å². The molecule has 0 radical (unpaired) electrons. The van der Waals surface area contributed by atoms with Gasteiger partial charge in [-0.25, -0.2) is 0 Å². The summed E-state index contributed by atoms with van der Waals surface area (Å²) in [6, 6.07) is 13.4. The average molecular weight is 547 g/mol. The smallest absolute Gasteiger partial charge is 0.246 e. The van der Waals surface area contributed by atoms with E-state index in [9.17, 15) is 20.0 Å². The summed E-state index contributed by atoms with van der Waals surface area (Å²) in [6.45, 7) is 8.06. The third kappa shape index (κ3) is 5.59. The Hall–Kier alpha value is -3.40. The van der Waals surface area contributed by atoms with Gasteiger partial charge in [0.05, 0.1) is 18.3 Å². The van der Waals surface area contributed by atoms with Crippen molar-refractivity contribution in [2.45, 2.75) is 64.5 Å². The van der Waals surface area contributed by atoms with Crippen LogP contribution in [0.25, 0.3) is 10.9 Å². The van der Waals surface area contributed by atoms with Crippen LogP contribution in [-0.2, 0) is 16.0 Å². The van der Waals surface area contributed by atoms with Gasteiger partial charge < -0.3 is 30.1 Å². The minimum atomic E-state index is -0.629. The first-order valence-corrected chi connectivity index (χ1v) is 14.6. The van der Waals surface area contributed by atoms with E-state index in [2.05, 4.69) is 23.7 Å². The minimum Gasteiger partial charge on any atom is -0.733 e. The molecule has 1 aromatic heterocycles. The van der Waals surface area contributed by atoms with Gasteiger partial charge in [-0.1, -0.05) is 57.0 Å². The Morgan fingerprint density at radius 1 is 1.00 bits per heavy atom. The van der Waals surface area contributed by atoms with E-state index in [1.54, 1.807) is 21.9 Å². The van der Waals surface area contributed by atoms with Gasteiger partial charge >= 0.3 is 0 Å². The van der Waals surface area contributed by atoms with Crippen LogP contribution in [0.4, 0.5) is 5.69 Å². The van der Waals surface area contributed by atoms with E-state index >= 15 is 0 Å². The van der Waals surface area contributed by atoms with Crippen molar-refractivity contribution in [2.75, 3.05) is 38.0 Å². The number of aromatic amines is 1. The second-order valence-electron chi connectivity index (χ2n) is 11.0. The number of anilines is 1. The van der Waals surface area contributed by atoms with Gasteiger partial charge in [0.25, 0.3) is 0 Å². The lowest BCUT2D eigenvalue weighted by Crippen LogP contribution is -2.63. The van der Waals surface area contributed by atoms with Crippen LogP contribution in [0.15, 0.2) is 48.5 Å². The van der Waals surface area contributed by atoms with E-state index in [-0.39, 0.29) is 29.3 Å². The number of amides is 2.